The summed E-state index contributed by atoms with van der Waals surface area (Å²) in [6.07, 6.45) is 0. The zero-order chi connectivity index (χ0) is 19.6. The molecule has 1 unspecified atom stereocenters. The quantitative estimate of drug-likeness (QED) is 0.482. The van der Waals surface area contributed by atoms with Crippen molar-refractivity contribution in [2.75, 3.05) is 13.7 Å². The van der Waals surface area contributed by atoms with Gasteiger partial charge in [0, 0.05) is 29.1 Å². The Labute approximate surface area is 158 Å². The third-order valence-corrected chi connectivity index (χ3v) is 4.69. The van der Waals surface area contributed by atoms with Crippen LogP contribution in [0.15, 0.2) is 48.5 Å². The van der Waals surface area contributed by atoms with Crippen LogP contribution in [0.4, 0.5) is 0 Å². The predicted octanol–water partition coefficient (Wildman–Crippen LogP) is 4.31. The van der Waals surface area contributed by atoms with E-state index in [9.17, 15) is 9.59 Å². The van der Waals surface area contributed by atoms with Crippen molar-refractivity contribution >= 4 is 22.7 Å². The fourth-order valence-electron chi connectivity index (χ4n) is 3.45. The van der Waals surface area contributed by atoms with E-state index in [0.717, 1.165) is 16.6 Å². The molecule has 0 saturated heterocycles. The number of ketones is 1. The van der Waals surface area contributed by atoms with Gasteiger partial charge in [-0.05, 0) is 32.0 Å². The smallest absolute Gasteiger partial charge is 0.302 e. The first-order valence-corrected chi connectivity index (χ1v) is 8.85. The summed E-state index contributed by atoms with van der Waals surface area (Å²) >= 11 is 0. The van der Waals surface area contributed by atoms with E-state index in [2.05, 4.69) is 0 Å². The SMILES string of the molecule is COc1ccc2c(c1)c(C(=O)c1ccccc1)c(C)n2C(C)COC(C)=O. The minimum atomic E-state index is -0.321. The number of ether oxygens (including phenoxy) is 2. The fraction of sp³-hybridized carbons (Fsp3) is 0.273. The van der Waals surface area contributed by atoms with Crippen LogP contribution in [0.1, 0.15) is 41.5 Å². The van der Waals surface area contributed by atoms with Gasteiger partial charge in [0.15, 0.2) is 5.78 Å². The molecular formula is C22H23NO4. The van der Waals surface area contributed by atoms with Crippen molar-refractivity contribution in [1.29, 1.82) is 0 Å². The van der Waals surface area contributed by atoms with E-state index in [0.29, 0.717) is 16.9 Å². The van der Waals surface area contributed by atoms with Crippen LogP contribution in [0.25, 0.3) is 10.9 Å². The summed E-state index contributed by atoms with van der Waals surface area (Å²) in [5, 5.41) is 0.829. The highest BCUT2D eigenvalue weighted by Gasteiger charge is 2.24. The van der Waals surface area contributed by atoms with Crippen LogP contribution in [0.3, 0.4) is 0 Å². The van der Waals surface area contributed by atoms with E-state index in [4.69, 9.17) is 9.47 Å². The molecule has 2 aromatic carbocycles. The second-order valence-corrected chi connectivity index (χ2v) is 6.56. The zero-order valence-electron chi connectivity index (χ0n) is 16.0. The Balaban J connectivity index is 2.18. The highest BCUT2D eigenvalue weighted by Crippen LogP contribution is 2.33. The fourth-order valence-corrected chi connectivity index (χ4v) is 3.45. The molecule has 3 rings (SSSR count). The Hall–Kier alpha value is -3.08. The van der Waals surface area contributed by atoms with Crippen molar-refractivity contribution in [3.63, 3.8) is 0 Å². The Bertz CT molecular complexity index is 988. The lowest BCUT2D eigenvalue weighted by molar-refractivity contribution is -0.141. The number of rotatable bonds is 6. The Morgan fingerprint density at radius 1 is 1.11 bits per heavy atom. The van der Waals surface area contributed by atoms with Crippen molar-refractivity contribution in [3.05, 3.63) is 65.4 Å². The average Bonchev–Trinajstić information content (AvgIpc) is 2.97. The molecule has 0 saturated carbocycles. The maximum Gasteiger partial charge on any atom is 0.302 e. The molecule has 1 aromatic heterocycles. The highest BCUT2D eigenvalue weighted by molar-refractivity contribution is 6.17. The molecule has 0 fully saturated rings. The third-order valence-electron chi connectivity index (χ3n) is 4.69. The van der Waals surface area contributed by atoms with Crippen LogP contribution >= 0.6 is 0 Å². The molecule has 0 radical (unpaired) electrons. The lowest BCUT2D eigenvalue weighted by Crippen LogP contribution is -2.16. The Morgan fingerprint density at radius 3 is 2.44 bits per heavy atom. The average molecular weight is 365 g/mol. The summed E-state index contributed by atoms with van der Waals surface area (Å²) in [7, 11) is 1.60. The van der Waals surface area contributed by atoms with Gasteiger partial charge >= 0.3 is 5.97 Å². The topological polar surface area (TPSA) is 57.5 Å². The van der Waals surface area contributed by atoms with Gasteiger partial charge in [0.1, 0.15) is 12.4 Å². The van der Waals surface area contributed by atoms with E-state index in [1.54, 1.807) is 7.11 Å². The summed E-state index contributed by atoms with van der Waals surface area (Å²) < 4.78 is 12.6. The standard InChI is InChI=1S/C22H23NO4/c1-14(13-27-16(3)24)23-15(2)21(22(25)17-8-6-5-7-9-17)19-12-18(26-4)10-11-20(19)23/h5-12,14H,13H2,1-4H3. The summed E-state index contributed by atoms with van der Waals surface area (Å²) in [5.74, 6) is 0.331. The molecule has 0 aliphatic heterocycles. The van der Waals surface area contributed by atoms with E-state index in [-0.39, 0.29) is 24.4 Å². The largest absolute Gasteiger partial charge is 0.497 e. The maximum atomic E-state index is 13.2. The number of hydrogen-bond acceptors (Lipinski definition) is 4. The molecular weight excluding hydrogens is 342 g/mol. The molecule has 0 N–H and O–H groups in total. The number of nitrogens with zero attached hydrogens (tertiary/aromatic N) is 1. The minimum absolute atomic E-state index is 0.0372. The number of carbonyl (C=O) groups is 2. The molecule has 27 heavy (non-hydrogen) atoms. The molecule has 0 spiro atoms. The van der Waals surface area contributed by atoms with Crippen LogP contribution in [0.5, 0.6) is 5.75 Å². The van der Waals surface area contributed by atoms with Gasteiger partial charge < -0.3 is 14.0 Å². The van der Waals surface area contributed by atoms with Crippen LogP contribution < -0.4 is 4.74 Å². The molecule has 3 aromatic rings. The number of fused-ring (bicyclic) bond motifs is 1. The second-order valence-electron chi connectivity index (χ2n) is 6.56. The minimum Gasteiger partial charge on any atom is -0.497 e. The number of methoxy groups -OCH3 is 1. The van der Waals surface area contributed by atoms with Crippen molar-refractivity contribution < 1.29 is 19.1 Å². The van der Waals surface area contributed by atoms with E-state index < -0.39 is 0 Å². The lowest BCUT2D eigenvalue weighted by atomic mass is 10.0. The van der Waals surface area contributed by atoms with Crippen LogP contribution in [0.2, 0.25) is 0 Å². The lowest BCUT2D eigenvalue weighted by Gasteiger charge is -2.17. The van der Waals surface area contributed by atoms with Gasteiger partial charge in [-0.25, -0.2) is 0 Å². The number of aromatic nitrogens is 1. The molecule has 5 nitrogen and oxygen atoms in total. The molecule has 1 heterocycles. The number of benzene rings is 2. The van der Waals surface area contributed by atoms with E-state index >= 15 is 0 Å². The molecule has 0 aliphatic rings. The molecule has 1 atom stereocenters. The Morgan fingerprint density at radius 2 is 1.81 bits per heavy atom. The van der Waals surface area contributed by atoms with Crippen LogP contribution in [-0.4, -0.2) is 30.0 Å². The van der Waals surface area contributed by atoms with Gasteiger partial charge in [-0.2, -0.15) is 0 Å². The molecule has 0 bridgehead atoms. The molecule has 140 valence electrons. The molecule has 5 heteroatoms. The summed E-state index contributed by atoms with van der Waals surface area (Å²) in [6.45, 7) is 5.52. The van der Waals surface area contributed by atoms with Gasteiger partial charge in [-0.1, -0.05) is 30.3 Å². The second kappa shape index (κ2) is 7.66. The Kier molecular flexibility index (Phi) is 5.31. The van der Waals surface area contributed by atoms with Crippen molar-refractivity contribution in [2.24, 2.45) is 0 Å². The normalized spacial score (nSPS) is 12.0. The highest BCUT2D eigenvalue weighted by atomic mass is 16.5. The van der Waals surface area contributed by atoms with Crippen molar-refractivity contribution in [2.45, 2.75) is 26.8 Å². The third kappa shape index (κ3) is 3.58. The summed E-state index contributed by atoms with van der Waals surface area (Å²) in [4.78, 5) is 24.5. The molecule has 0 aliphatic carbocycles. The zero-order valence-corrected chi connectivity index (χ0v) is 16.0. The predicted molar refractivity (Wildman–Crippen MR) is 104 cm³/mol. The number of carbonyl (C=O) groups excluding carboxylic acids is 2. The van der Waals surface area contributed by atoms with E-state index in [1.165, 1.54) is 6.92 Å². The first kappa shape index (κ1) is 18.7. The van der Waals surface area contributed by atoms with Crippen molar-refractivity contribution in [1.82, 2.24) is 4.57 Å². The van der Waals surface area contributed by atoms with Gasteiger partial charge in [0.05, 0.1) is 18.7 Å². The monoisotopic (exact) mass is 365 g/mol. The van der Waals surface area contributed by atoms with Crippen LogP contribution in [-0.2, 0) is 9.53 Å². The van der Waals surface area contributed by atoms with Gasteiger partial charge in [0.25, 0.3) is 0 Å². The maximum absolute atomic E-state index is 13.2. The first-order valence-electron chi connectivity index (χ1n) is 8.85. The van der Waals surface area contributed by atoms with Gasteiger partial charge in [0.2, 0.25) is 0 Å². The first-order chi connectivity index (χ1) is 12.9. The molecule has 0 amide bonds. The van der Waals surface area contributed by atoms with Gasteiger partial charge in [-0.3, -0.25) is 9.59 Å². The van der Waals surface area contributed by atoms with Crippen molar-refractivity contribution in [3.8, 4) is 5.75 Å². The summed E-state index contributed by atoms with van der Waals surface area (Å²) in [5.41, 5.74) is 3.03. The number of hydrogen-bond donors (Lipinski definition) is 0. The van der Waals surface area contributed by atoms with E-state index in [1.807, 2.05) is 66.9 Å². The van der Waals surface area contributed by atoms with Gasteiger partial charge in [-0.15, -0.1) is 0 Å². The number of esters is 1. The summed E-state index contributed by atoms with van der Waals surface area (Å²) in [6, 6.07) is 14.8. The van der Waals surface area contributed by atoms with Crippen LogP contribution in [0, 0.1) is 6.92 Å².